The minimum Gasteiger partial charge on any atom is -0.293 e. The normalized spacial score (nSPS) is 22.5. The van der Waals surface area contributed by atoms with Crippen LogP contribution >= 0.6 is 0 Å². The maximum atomic E-state index is 12.4. The smallest absolute Gasteiger partial charge is 0.171 e. The molecule has 2 atom stereocenters. The summed E-state index contributed by atoms with van der Waals surface area (Å²) >= 11 is 0. The Hall–Kier alpha value is -1.96. The van der Waals surface area contributed by atoms with E-state index >= 15 is 0 Å². The van der Waals surface area contributed by atoms with Crippen molar-refractivity contribution in [2.45, 2.75) is 18.8 Å². The summed E-state index contributed by atoms with van der Waals surface area (Å²) in [5, 5.41) is 0. The van der Waals surface area contributed by atoms with Crippen LogP contribution in [0.4, 0.5) is 0 Å². The molecule has 0 unspecified atom stereocenters. The highest BCUT2D eigenvalue weighted by Crippen LogP contribution is 2.43. The summed E-state index contributed by atoms with van der Waals surface area (Å²) in [5.41, 5.74) is 3.04. The van der Waals surface area contributed by atoms with Gasteiger partial charge < -0.3 is 0 Å². The number of ketones is 1. The molecule has 0 fully saturated rings. The Bertz CT molecular complexity index is 562. The first-order chi connectivity index (χ1) is 8.29. The maximum Gasteiger partial charge on any atom is 0.171 e. The van der Waals surface area contributed by atoms with Gasteiger partial charge in [0.05, 0.1) is 5.92 Å². The first kappa shape index (κ1) is 10.2. The Morgan fingerprint density at radius 3 is 2.65 bits per heavy atom. The van der Waals surface area contributed by atoms with Crippen LogP contribution in [0.15, 0.2) is 48.8 Å². The SMILES string of the molecule is C[C@H]1c2ccccc2C(=O)[C@@H]1c1cccnc1. The average Bonchev–Trinajstić information content (AvgIpc) is 2.64. The number of nitrogens with zero attached hydrogens (tertiary/aromatic N) is 1. The van der Waals surface area contributed by atoms with Crippen LogP contribution in [0.1, 0.15) is 40.2 Å². The molecule has 17 heavy (non-hydrogen) atoms. The number of rotatable bonds is 1. The second kappa shape index (κ2) is 3.81. The van der Waals surface area contributed by atoms with Gasteiger partial charge in [0, 0.05) is 18.0 Å². The molecule has 0 aliphatic heterocycles. The van der Waals surface area contributed by atoms with Crippen molar-refractivity contribution in [1.29, 1.82) is 0 Å². The van der Waals surface area contributed by atoms with Gasteiger partial charge in [0.15, 0.2) is 5.78 Å². The molecule has 1 aromatic carbocycles. The van der Waals surface area contributed by atoms with Crippen molar-refractivity contribution in [3.05, 3.63) is 65.5 Å². The molecule has 3 rings (SSSR count). The van der Waals surface area contributed by atoms with Crippen molar-refractivity contribution < 1.29 is 4.79 Å². The summed E-state index contributed by atoms with van der Waals surface area (Å²) in [6.07, 6.45) is 3.53. The zero-order valence-corrected chi connectivity index (χ0v) is 9.63. The van der Waals surface area contributed by atoms with E-state index in [-0.39, 0.29) is 17.6 Å². The number of hydrogen-bond acceptors (Lipinski definition) is 2. The highest BCUT2D eigenvalue weighted by atomic mass is 16.1. The Labute approximate surface area is 100 Å². The number of benzene rings is 1. The highest BCUT2D eigenvalue weighted by Gasteiger charge is 2.37. The van der Waals surface area contributed by atoms with Crippen LogP contribution in [-0.4, -0.2) is 10.8 Å². The van der Waals surface area contributed by atoms with Gasteiger partial charge in [-0.1, -0.05) is 37.3 Å². The van der Waals surface area contributed by atoms with Crippen molar-refractivity contribution in [3.63, 3.8) is 0 Å². The Morgan fingerprint density at radius 2 is 1.94 bits per heavy atom. The number of hydrogen-bond donors (Lipinski definition) is 0. The van der Waals surface area contributed by atoms with E-state index in [0.29, 0.717) is 0 Å². The molecule has 0 saturated heterocycles. The van der Waals surface area contributed by atoms with Crippen LogP contribution in [0, 0.1) is 0 Å². The van der Waals surface area contributed by atoms with E-state index in [1.807, 2.05) is 36.4 Å². The Kier molecular flexibility index (Phi) is 2.29. The van der Waals surface area contributed by atoms with Crippen LogP contribution in [0.25, 0.3) is 0 Å². The lowest BCUT2D eigenvalue weighted by Crippen LogP contribution is -2.09. The van der Waals surface area contributed by atoms with Gasteiger partial charge in [-0.15, -0.1) is 0 Å². The largest absolute Gasteiger partial charge is 0.293 e. The third kappa shape index (κ3) is 1.48. The minimum atomic E-state index is -0.0684. The molecule has 0 radical (unpaired) electrons. The number of fused-ring (bicyclic) bond motifs is 1. The minimum absolute atomic E-state index is 0.0684. The van der Waals surface area contributed by atoms with E-state index in [2.05, 4.69) is 11.9 Å². The molecule has 1 heterocycles. The van der Waals surface area contributed by atoms with Crippen LogP contribution in [0.5, 0.6) is 0 Å². The molecule has 2 heteroatoms. The van der Waals surface area contributed by atoms with Gasteiger partial charge in [0.1, 0.15) is 0 Å². The third-order valence-electron chi connectivity index (χ3n) is 3.54. The molecule has 0 amide bonds. The van der Waals surface area contributed by atoms with Crippen molar-refractivity contribution in [2.24, 2.45) is 0 Å². The van der Waals surface area contributed by atoms with Gasteiger partial charge in [-0.3, -0.25) is 9.78 Å². The van der Waals surface area contributed by atoms with E-state index in [4.69, 9.17) is 0 Å². The van der Waals surface area contributed by atoms with Crippen LogP contribution in [0.3, 0.4) is 0 Å². The molecule has 1 aromatic heterocycles. The van der Waals surface area contributed by atoms with Crippen molar-refractivity contribution in [1.82, 2.24) is 4.98 Å². The molecule has 1 aliphatic rings. The molecule has 84 valence electrons. The molecule has 1 aliphatic carbocycles. The molecule has 2 nitrogen and oxygen atoms in total. The summed E-state index contributed by atoms with van der Waals surface area (Å²) < 4.78 is 0. The lowest BCUT2D eigenvalue weighted by atomic mass is 9.88. The predicted molar refractivity (Wildman–Crippen MR) is 66.2 cm³/mol. The summed E-state index contributed by atoms with van der Waals surface area (Å²) in [6.45, 7) is 2.11. The number of pyridine rings is 1. The van der Waals surface area contributed by atoms with Crippen molar-refractivity contribution in [3.8, 4) is 0 Å². The van der Waals surface area contributed by atoms with Gasteiger partial charge >= 0.3 is 0 Å². The number of carbonyl (C=O) groups excluding carboxylic acids is 1. The van der Waals surface area contributed by atoms with E-state index in [1.165, 1.54) is 0 Å². The fourth-order valence-corrected chi connectivity index (χ4v) is 2.69. The first-order valence-corrected chi connectivity index (χ1v) is 5.82. The van der Waals surface area contributed by atoms with Crippen molar-refractivity contribution >= 4 is 5.78 Å². The lowest BCUT2D eigenvalue weighted by molar-refractivity contribution is 0.0966. The summed E-state index contributed by atoms with van der Waals surface area (Å²) in [4.78, 5) is 16.5. The van der Waals surface area contributed by atoms with Crippen LogP contribution in [-0.2, 0) is 0 Å². The van der Waals surface area contributed by atoms with E-state index in [9.17, 15) is 4.79 Å². The summed E-state index contributed by atoms with van der Waals surface area (Å²) in [6, 6.07) is 11.8. The highest BCUT2D eigenvalue weighted by molar-refractivity contribution is 6.06. The second-order valence-electron chi connectivity index (χ2n) is 4.50. The standard InChI is InChI=1S/C15H13NO/c1-10-12-6-2-3-7-13(12)15(17)14(10)11-5-4-8-16-9-11/h2-10,14H,1H3/t10-,14-/m0/s1. The zero-order chi connectivity index (χ0) is 11.8. The van der Waals surface area contributed by atoms with Gasteiger partial charge in [0.2, 0.25) is 0 Å². The number of carbonyl (C=O) groups is 1. The molecule has 0 bridgehead atoms. The predicted octanol–water partition coefficient (Wildman–Crippen LogP) is 3.17. The van der Waals surface area contributed by atoms with Gasteiger partial charge in [-0.05, 0) is 23.1 Å². The fourth-order valence-electron chi connectivity index (χ4n) is 2.69. The van der Waals surface area contributed by atoms with Gasteiger partial charge in [-0.25, -0.2) is 0 Å². The lowest BCUT2D eigenvalue weighted by Gasteiger charge is -2.14. The van der Waals surface area contributed by atoms with Gasteiger partial charge in [0.25, 0.3) is 0 Å². The van der Waals surface area contributed by atoms with Crippen molar-refractivity contribution in [2.75, 3.05) is 0 Å². The van der Waals surface area contributed by atoms with E-state index in [1.54, 1.807) is 12.4 Å². The number of Topliss-reactive ketones (excluding diaryl/α,β-unsaturated/α-hetero) is 1. The van der Waals surface area contributed by atoms with E-state index < -0.39 is 0 Å². The van der Waals surface area contributed by atoms with Crippen LogP contribution < -0.4 is 0 Å². The molecule has 0 saturated carbocycles. The number of aromatic nitrogens is 1. The van der Waals surface area contributed by atoms with Crippen LogP contribution in [0.2, 0.25) is 0 Å². The van der Waals surface area contributed by atoms with E-state index in [0.717, 1.165) is 16.7 Å². The third-order valence-corrected chi connectivity index (χ3v) is 3.54. The quantitative estimate of drug-likeness (QED) is 0.743. The molecule has 0 N–H and O–H groups in total. The Balaban J connectivity index is 2.10. The monoisotopic (exact) mass is 223 g/mol. The topological polar surface area (TPSA) is 30.0 Å². The molecular weight excluding hydrogens is 210 g/mol. The Morgan fingerprint density at radius 1 is 1.12 bits per heavy atom. The summed E-state index contributed by atoms with van der Waals surface area (Å²) in [7, 11) is 0. The summed E-state index contributed by atoms with van der Waals surface area (Å²) in [5.74, 6) is 0.394. The average molecular weight is 223 g/mol. The maximum absolute atomic E-state index is 12.4. The fraction of sp³-hybridized carbons (Fsp3) is 0.200. The second-order valence-corrected chi connectivity index (χ2v) is 4.50. The molecular formula is C15H13NO. The first-order valence-electron chi connectivity index (χ1n) is 5.82. The zero-order valence-electron chi connectivity index (χ0n) is 9.63. The molecule has 2 aromatic rings. The van der Waals surface area contributed by atoms with Gasteiger partial charge in [-0.2, -0.15) is 0 Å². The molecule has 0 spiro atoms.